The van der Waals surface area contributed by atoms with E-state index < -0.39 is 26.0 Å². The van der Waals surface area contributed by atoms with Gasteiger partial charge >= 0.3 is 0 Å². The van der Waals surface area contributed by atoms with Crippen LogP contribution in [0, 0.1) is 0 Å². The lowest BCUT2D eigenvalue weighted by Crippen LogP contribution is -2.55. The number of nitrogens with one attached hydrogen (secondary N) is 1. The Hall–Kier alpha value is -0.940. The molecule has 0 spiro atoms. The van der Waals surface area contributed by atoms with Crippen LogP contribution >= 0.6 is 34.8 Å². The molecule has 1 N–H and O–H groups in total. The molecule has 0 bridgehead atoms. The number of alkyl halides is 3. The van der Waals surface area contributed by atoms with Crippen molar-refractivity contribution in [3.8, 4) is 0 Å². The molecule has 1 aliphatic carbocycles. The molecular weight excluding hydrogens is 543 g/mol. The number of para-hydroxylation sites is 1. The molecule has 2 fully saturated rings. The number of nitrogens with zero attached hydrogens (tertiary/aromatic N) is 5. The van der Waals surface area contributed by atoms with Crippen molar-refractivity contribution < 1.29 is 8.42 Å². The third-order valence-electron chi connectivity index (χ3n) is 6.89. The number of aromatic nitrogens is 2. The van der Waals surface area contributed by atoms with Crippen molar-refractivity contribution in [3.05, 3.63) is 30.1 Å². The topological polar surface area (TPSA) is 81.7 Å². The number of halogens is 3. The Morgan fingerprint density at radius 3 is 2.47 bits per heavy atom. The molecule has 1 aliphatic heterocycles. The number of rotatable bonds is 9. The number of anilines is 1. The fourth-order valence-electron chi connectivity index (χ4n) is 4.83. The lowest BCUT2D eigenvalue weighted by Gasteiger charge is -2.39. The third kappa shape index (κ3) is 6.54. The summed E-state index contributed by atoms with van der Waals surface area (Å²) in [5.74, 6) is 1.57. The van der Waals surface area contributed by atoms with E-state index in [1.54, 1.807) is 4.31 Å². The Morgan fingerprint density at radius 1 is 1.03 bits per heavy atom. The maximum atomic E-state index is 13.3. The smallest absolute Gasteiger partial charge is 0.218 e. The van der Waals surface area contributed by atoms with E-state index in [0.29, 0.717) is 45.6 Å². The van der Waals surface area contributed by atoms with Crippen molar-refractivity contribution in [2.24, 2.45) is 0 Å². The van der Waals surface area contributed by atoms with E-state index in [4.69, 9.17) is 44.8 Å². The molecule has 1 aromatic carbocycles. The fourth-order valence-corrected chi connectivity index (χ4v) is 8.25. The third-order valence-corrected chi connectivity index (χ3v) is 11.3. The SMILES string of the molecule is CN(C)CCCNc1nc(CN2CCN(S(=O)(=O)C3CC[C@@H](Cl)C(Cl)C3Cl)CC2)nc2ccccc12. The van der Waals surface area contributed by atoms with Crippen LogP contribution in [0.5, 0.6) is 0 Å². The van der Waals surface area contributed by atoms with Gasteiger partial charge in [-0.1, -0.05) is 12.1 Å². The largest absolute Gasteiger partial charge is 0.369 e. The second-order valence-corrected chi connectivity index (χ2v) is 13.6. The molecule has 2 aromatic rings. The van der Waals surface area contributed by atoms with Crippen LogP contribution in [0.2, 0.25) is 0 Å². The predicted octanol–water partition coefficient (Wildman–Crippen LogP) is 3.43. The summed E-state index contributed by atoms with van der Waals surface area (Å²) >= 11 is 18.9. The minimum absolute atomic E-state index is 0.299. The van der Waals surface area contributed by atoms with Gasteiger partial charge in [-0.05, 0) is 52.0 Å². The van der Waals surface area contributed by atoms with Crippen molar-refractivity contribution in [2.45, 2.75) is 47.2 Å². The normalized spacial score (nSPS) is 26.5. The van der Waals surface area contributed by atoms with Crippen molar-refractivity contribution >= 4 is 61.5 Å². The number of benzene rings is 1. The highest BCUT2D eigenvalue weighted by Gasteiger charge is 2.45. The van der Waals surface area contributed by atoms with Gasteiger partial charge in [0.15, 0.2) is 0 Å². The van der Waals surface area contributed by atoms with Crippen LogP contribution in [-0.4, -0.2) is 107 Å². The molecule has 1 saturated carbocycles. The van der Waals surface area contributed by atoms with Gasteiger partial charge in [-0.25, -0.2) is 18.4 Å². The summed E-state index contributed by atoms with van der Waals surface area (Å²) in [6.45, 7) is 4.40. The highest BCUT2D eigenvalue weighted by molar-refractivity contribution is 7.89. The van der Waals surface area contributed by atoms with E-state index in [2.05, 4.69) is 29.2 Å². The first-order chi connectivity index (χ1) is 17.2. The molecule has 200 valence electrons. The standard InChI is InChI=1S/C24H35Cl3N6O2S/c1-31(2)11-5-10-28-24-17-6-3-4-7-19(17)29-21(30-24)16-32-12-14-33(15-13-32)36(34,35)20-9-8-18(25)22(26)23(20)27/h3-4,6-7,18,20,22-23H,5,8-16H2,1-2H3,(H,28,29,30)/t18-,20?,22?,23?/m1/s1. The monoisotopic (exact) mass is 576 g/mol. The molecule has 2 aliphatic rings. The molecule has 4 atom stereocenters. The highest BCUT2D eigenvalue weighted by atomic mass is 35.5. The van der Waals surface area contributed by atoms with Gasteiger partial charge < -0.3 is 10.2 Å². The average molecular weight is 578 g/mol. The highest BCUT2D eigenvalue weighted by Crippen LogP contribution is 2.36. The van der Waals surface area contributed by atoms with Gasteiger partial charge in [0.05, 0.1) is 33.4 Å². The van der Waals surface area contributed by atoms with E-state index in [-0.39, 0.29) is 5.38 Å². The van der Waals surface area contributed by atoms with Crippen LogP contribution in [0.25, 0.3) is 10.9 Å². The molecule has 4 rings (SSSR count). The number of fused-ring (bicyclic) bond motifs is 1. The Bertz CT molecular complexity index is 1130. The van der Waals surface area contributed by atoms with Gasteiger partial charge in [-0.2, -0.15) is 4.31 Å². The first-order valence-corrected chi connectivity index (χ1v) is 15.3. The van der Waals surface area contributed by atoms with E-state index >= 15 is 0 Å². The lowest BCUT2D eigenvalue weighted by atomic mass is 9.98. The van der Waals surface area contributed by atoms with E-state index in [1.165, 1.54) is 0 Å². The van der Waals surface area contributed by atoms with Gasteiger partial charge in [0.2, 0.25) is 10.0 Å². The number of hydrogen-bond acceptors (Lipinski definition) is 7. The number of hydrogen-bond donors (Lipinski definition) is 1. The van der Waals surface area contributed by atoms with Crippen LogP contribution in [0.1, 0.15) is 25.1 Å². The van der Waals surface area contributed by atoms with E-state index in [1.807, 2.05) is 24.3 Å². The summed E-state index contributed by atoms with van der Waals surface area (Å²) in [5, 5.41) is 2.23. The van der Waals surface area contributed by atoms with Gasteiger partial charge in [-0.3, -0.25) is 4.90 Å². The summed E-state index contributed by atoms with van der Waals surface area (Å²) in [7, 11) is 0.577. The molecule has 3 unspecified atom stereocenters. The molecule has 2 heterocycles. The minimum atomic E-state index is -3.55. The fraction of sp³-hybridized carbons (Fsp3) is 0.667. The molecule has 8 nitrogen and oxygen atoms in total. The van der Waals surface area contributed by atoms with E-state index in [9.17, 15) is 8.42 Å². The second kappa shape index (κ2) is 12.3. The van der Waals surface area contributed by atoms with Crippen LogP contribution in [-0.2, 0) is 16.6 Å². The lowest BCUT2D eigenvalue weighted by molar-refractivity contribution is 0.177. The first kappa shape index (κ1) is 28.1. The Balaban J connectivity index is 1.39. The Morgan fingerprint density at radius 2 is 1.75 bits per heavy atom. The zero-order valence-corrected chi connectivity index (χ0v) is 23.9. The van der Waals surface area contributed by atoms with Gasteiger partial charge in [0.25, 0.3) is 0 Å². The van der Waals surface area contributed by atoms with Crippen molar-refractivity contribution in [3.63, 3.8) is 0 Å². The van der Waals surface area contributed by atoms with Crippen molar-refractivity contribution in [1.29, 1.82) is 0 Å². The minimum Gasteiger partial charge on any atom is -0.369 e. The van der Waals surface area contributed by atoms with Gasteiger partial charge in [0, 0.05) is 38.1 Å². The molecule has 0 amide bonds. The van der Waals surface area contributed by atoms with Crippen molar-refractivity contribution in [2.75, 3.05) is 58.7 Å². The van der Waals surface area contributed by atoms with Gasteiger partial charge in [-0.15, -0.1) is 34.8 Å². The first-order valence-electron chi connectivity index (χ1n) is 12.4. The quantitative estimate of drug-likeness (QED) is 0.361. The zero-order chi connectivity index (χ0) is 25.9. The molecular formula is C24H35Cl3N6O2S. The van der Waals surface area contributed by atoms with Crippen LogP contribution in [0.3, 0.4) is 0 Å². The van der Waals surface area contributed by atoms with Crippen LogP contribution in [0.15, 0.2) is 24.3 Å². The Kier molecular flexibility index (Phi) is 9.58. The maximum Gasteiger partial charge on any atom is 0.218 e. The predicted molar refractivity (Wildman–Crippen MR) is 149 cm³/mol. The second-order valence-electron chi connectivity index (χ2n) is 9.83. The number of piperazine rings is 1. The van der Waals surface area contributed by atoms with Crippen LogP contribution < -0.4 is 5.32 Å². The van der Waals surface area contributed by atoms with E-state index in [0.717, 1.165) is 42.1 Å². The summed E-state index contributed by atoms with van der Waals surface area (Å²) < 4.78 is 28.2. The summed E-state index contributed by atoms with van der Waals surface area (Å²) in [6, 6.07) is 8.00. The molecule has 1 aromatic heterocycles. The van der Waals surface area contributed by atoms with Gasteiger partial charge in [0.1, 0.15) is 11.6 Å². The molecule has 36 heavy (non-hydrogen) atoms. The zero-order valence-electron chi connectivity index (χ0n) is 20.8. The van der Waals surface area contributed by atoms with Crippen molar-refractivity contribution in [1.82, 2.24) is 24.1 Å². The average Bonchev–Trinajstić information content (AvgIpc) is 2.85. The Labute approximate surface area is 229 Å². The molecule has 1 saturated heterocycles. The molecule has 12 heteroatoms. The summed E-state index contributed by atoms with van der Waals surface area (Å²) in [6.07, 6.45) is 1.99. The summed E-state index contributed by atoms with van der Waals surface area (Å²) in [5.41, 5.74) is 0.900. The maximum absolute atomic E-state index is 13.3. The molecule has 0 radical (unpaired) electrons. The number of sulfonamides is 1. The van der Waals surface area contributed by atoms with Crippen LogP contribution in [0.4, 0.5) is 5.82 Å². The summed E-state index contributed by atoms with van der Waals surface area (Å²) in [4.78, 5) is 14.0.